The number of aryl methyl sites for hydroxylation is 1. The lowest BCUT2D eigenvalue weighted by Gasteiger charge is -2.19. The van der Waals surface area contributed by atoms with Gasteiger partial charge in [0, 0.05) is 13.6 Å². The van der Waals surface area contributed by atoms with Crippen molar-refractivity contribution in [3.8, 4) is 0 Å². The zero-order chi connectivity index (χ0) is 15.5. The fraction of sp³-hybridized carbons (Fsp3) is 0.538. The lowest BCUT2D eigenvalue weighted by atomic mass is 10.2. The molecule has 1 aromatic carbocycles. The predicted molar refractivity (Wildman–Crippen MR) is 83.6 cm³/mol. The Morgan fingerprint density at radius 3 is 2.30 bits per heavy atom. The first-order chi connectivity index (χ1) is 9.16. The van der Waals surface area contributed by atoms with Crippen LogP contribution in [0.25, 0.3) is 0 Å². The van der Waals surface area contributed by atoms with Crippen molar-refractivity contribution in [2.45, 2.75) is 18.2 Å². The largest absolute Gasteiger partial charge is 0.397 e. The van der Waals surface area contributed by atoms with E-state index >= 15 is 0 Å². The van der Waals surface area contributed by atoms with E-state index in [0.717, 1.165) is 13.0 Å². The SMILES string of the molecule is Cc1cc(S(=O)(=O)N(C)CCCN(C)C)cc(N)c1Cl. The number of rotatable bonds is 6. The number of nitrogens with two attached hydrogens (primary N) is 1. The first-order valence-electron chi connectivity index (χ1n) is 6.33. The van der Waals surface area contributed by atoms with Crippen LogP contribution in [0.4, 0.5) is 5.69 Å². The molecule has 5 nitrogen and oxygen atoms in total. The second kappa shape index (κ2) is 6.76. The number of benzene rings is 1. The maximum Gasteiger partial charge on any atom is 0.242 e. The summed E-state index contributed by atoms with van der Waals surface area (Å²) in [5.74, 6) is 0. The van der Waals surface area contributed by atoms with Gasteiger partial charge in [0.25, 0.3) is 0 Å². The second-order valence-electron chi connectivity index (χ2n) is 5.13. The summed E-state index contributed by atoms with van der Waals surface area (Å²) in [6.07, 6.45) is 0.769. The molecule has 0 aliphatic carbocycles. The fourth-order valence-corrected chi connectivity index (χ4v) is 3.26. The monoisotopic (exact) mass is 319 g/mol. The van der Waals surface area contributed by atoms with Gasteiger partial charge in [-0.3, -0.25) is 0 Å². The van der Waals surface area contributed by atoms with Gasteiger partial charge in [0.2, 0.25) is 10.0 Å². The van der Waals surface area contributed by atoms with Crippen LogP contribution in [0, 0.1) is 6.92 Å². The van der Waals surface area contributed by atoms with Gasteiger partial charge in [-0.1, -0.05) is 11.6 Å². The van der Waals surface area contributed by atoms with Crippen molar-refractivity contribution in [1.29, 1.82) is 0 Å². The van der Waals surface area contributed by atoms with Crippen LogP contribution in [0.2, 0.25) is 5.02 Å². The molecule has 20 heavy (non-hydrogen) atoms. The quantitative estimate of drug-likeness (QED) is 0.812. The smallest absolute Gasteiger partial charge is 0.242 e. The molecular formula is C13H22ClN3O2S. The third kappa shape index (κ3) is 4.09. The fourth-order valence-electron chi connectivity index (χ4n) is 1.82. The molecule has 0 heterocycles. The van der Waals surface area contributed by atoms with Crippen LogP contribution < -0.4 is 5.73 Å². The van der Waals surface area contributed by atoms with Crippen LogP contribution in [-0.4, -0.2) is 51.9 Å². The van der Waals surface area contributed by atoms with Gasteiger partial charge in [-0.2, -0.15) is 0 Å². The zero-order valence-corrected chi connectivity index (χ0v) is 13.9. The standard InChI is InChI=1S/C13H22ClN3O2S/c1-10-8-11(9-12(15)13(10)14)20(18,19)17(4)7-5-6-16(2)3/h8-9H,5-7,15H2,1-4H3. The highest BCUT2D eigenvalue weighted by atomic mass is 35.5. The minimum absolute atomic E-state index is 0.184. The molecule has 0 atom stereocenters. The molecule has 0 aliphatic rings. The maximum absolute atomic E-state index is 12.4. The summed E-state index contributed by atoms with van der Waals surface area (Å²) in [4.78, 5) is 2.20. The van der Waals surface area contributed by atoms with Gasteiger partial charge in [0.15, 0.2) is 0 Å². The lowest BCUT2D eigenvalue weighted by molar-refractivity contribution is 0.370. The van der Waals surface area contributed by atoms with Gasteiger partial charge in [-0.05, 0) is 51.7 Å². The van der Waals surface area contributed by atoms with E-state index in [1.54, 1.807) is 20.0 Å². The topological polar surface area (TPSA) is 66.6 Å². The summed E-state index contributed by atoms with van der Waals surface area (Å²) in [5.41, 5.74) is 6.68. The Balaban J connectivity index is 2.93. The van der Waals surface area contributed by atoms with E-state index in [1.165, 1.54) is 10.4 Å². The minimum atomic E-state index is -3.52. The van der Waals surface area contributed by atoms with Gasteiger partial charge >= 0.3 is 0 Å². The van der Waals surface area contributed by atoms with E-state index in [1.807, 2.05) is 19.0 Å². The first kappa shape index (κ1) is 17.2. The molecule has 0 amide bonds. The van der Waals surface area contributed by atoms with Crippen molar-refractivity contribution in [3.05, 3.63) is 22.7 Å². The number of sulfonamides is 1. The molecule has 0 bridgehead atoms. The molecule has 1 aromatic rings. The third-order valence-corrected chi connectivity index (χ3v) is 5.39. The Labute approximate surface area is 126 Å². The molecule has 2 N–H and O–H groups in total. The molecule has 0 unspecified atom stereocenters. The number of anilines is 1. The first-order valence-corrected chi connectivity index (χ1v) is 8.14. The molecule has 7 heteroatoms. The lowest BCUT2D eigenvalue weighted by Crippen LogP contribution is -2.30. The van der Waals surface area contributed by atoms with Gasteiger partial charge in [0.1, 0.15) is 0 Å². The van der Waals surface area contributed by atoms with E-state index in [2.05, 4.69) is 0 Å². The van der Waals surface area contributed by atoms with Crippen molar-refractivity contribution in [1.82, 2.24) is 9.21 Å². The Morgan fingerprint density at radius 2 is 1.80 bits per heavy atom. The van der Waals surface area contributed by atoms with Crippen molar-refractivity contribution < 1.29 is 8.42 Å². The minimum Gasteiger partial charge on any atom is -0.397 e. The third-order valence-electron chi connectivity index (χ3n) is 3.04. The van der Waals surface area contributed by atoms with Crippen molar-refractivity contribution in [2.24, 2.45) is 0 Å². The van der Waals surface area contributed by atoms with Crippen LogP contribution in [-0.2, 0) is 10.0 Å². The maximum atomic E-state index is 12.4. The highest BCUT2D eigenvalue weighted by Gasteiger charge is 2.22. The molecule has 0 radical (unpaired) electrons. The van der Waals surface area contributed by atoms with Gasteiger partial charge in [-0.15, -0.1) is 0 Å². The summed E-state index contributed by atoms with van der Waals surface area (Å²) in [6.45, 7) is 3.04. The Hall–Kier alpha value is -0.820. The summed E-state index contributed by atoms with van der Waals surface area (Å²) in [6, 6.07) is 2.96. The molecule has 0 saturated carbocycles. The molecule has 0 spiro atoms. The van der Waals surface area contributed by atoms with Gasteiger partial charge in [-0.25, -0.2) is 12.7 Å². The highest BCUT2D eigenvalue weighted by molar-refractivity contribution is 7.89. The average molecular weight is 320 g/mol. The van der Waals surface area contributed by atoms with Crippen LogP contribution in [0.3, 0.4) is 0 Å². The predicted octanol–water partition coefficient (Wildman–Crippen LogP) is 1.80. The molecule has 114 valence electrons. The number of hydrogen-bond acceptors (Lipinski definition) is 4. The molecular weight excluding hydrogens is 298 g/mol. The van der Waals surface area contributed by atoms with Crippen molar-refractivity contribution >= 4 is 27.3 Å². The van der Waals surface area contributed by atoms with Crippen LogP contribution in [0.1, 0.15) is 12.0 Å². The molecule has 0 fully saturated rings. The molecule has 0 aromatic heterocycles. The normalized spacial score (nSPS) is 12.3. The average Bonchev–Trinajstić information content (AvgIpc) is 2.34. The molecule has 0 saturated heterocycles. The van der Waals surface area contributed by atoms with Crippen molar-refractivity contribution in [3.63, 3.8) is 0 Å². The second-order valence-corrected chi connectivity index (χ2v) is 7.55. The summed E-state index contributed by atoms with van der Waals surface area (Å²) in [7, 11) is 1.96. The number of hydrogen-bond donors (Lipinski definition) is 1. The van der Waals surface area contributed by atoms with E-state index in [0.29, 0.717) is 17.1 Å². The Kier molecular flexibility index (Phi) is 5.82. The zero-order valence-electron chi connectivity index (χ0n) is 12.4. The Morgan fingerprint density at radius 1 is 1.20 bits per heavy atom. The van der Waals surface area contributed by atoms with Crippen LogP contribution in [0.15, 0.2) is 17.0 Å². The van der Waals surface area contributed by atoms with E-state index in [9.17, 15) is 8.42 Å². The molecule has 0 aliphatic heterocycles. The highest BCUT2D eigenvalue weighted by Crippen LogP contribution is 2.28. The van der Waals surface area contributed by atoms with Gasteiger partial charge in [0.05, 0.1) is 15.6 Å². The van der Waals surface area contributed by atoms with E-state index < -0.39 is 10.0 Å². The van der Waals surface area contributed by atoms with E-state index in [-0.39, 0.29) is 10.6 Å². The summed E-state index contributed by atoms with van der Waals surface area (Å²) >= 11 is 5.96. The van der Waals surface area contributed by atoms with Gasteiger partial charge < -0.3 is 10.6 Å². The summed E-state index contributed by atoms with van der Waals surface area (Å²) < 4.78 is 26.2. The molecule has 1 rings (SSSR count). The number of nitrogens with zero attached hydrogens (tertiary/aromatic N) is 2. The summed E-state index contributed by atoms with van der Waals surface area (Å²) in [5, 5.41) is 0.402. The van der Waals surface area contributed by atoms with Crippen LogP contribution >= 0.6 is 11.6 Å². The number of halogens is 1. The van der Waals surface area contributed by atoms with E-state index in [4.69, 9.17) is 17.3 Å². The Bertz CT molecular complexity index is 550. The van der Waals surface area contributed by atoms with Crippen molar-refractivity contribution in [2.75, 3.05) is 40.0 Å². The van der Waals surface area contributed by atoms with Crippen LogP contribution in [0.5, 0.6) is 0 Å². The number of nitrogen functional groups attached to an aromatic ring is 1.